The molecule has 0 spiro atoms. The number of carbonyl (C=O) groups is 2. The molecule has 0 aromatic rings. The van der Waals surface area contributed by atoms with Crippen molar-refractivity contribution in [1.82, 2.24) is 5.32 Å². The van der Waals surface area contributed by atoms with E-state index >= 15 is 0 Å². The number of aliphatic hydroxyl groups is 2. The van der Waals surface area contributed by atoms with Gasteiger partial charge in [-0.1, -0.05) is 0 Å². The first-order valence-electron chi connectivity index (χ1n) is 4.50. The van der Waals surface area contributed by atoms with E-state index in [-0.39, 0.29) is 26.1 Å². The molecule has 1 atom stereocenters. The quantitative estimate of drug-likeness (QED) is 0.326. The van der Waals surface area contributed by atoms with Crippen molar-refractivity contribution in [3.05, 3.63) is 0 Å². The molecule has 0 aliphatic carbocycles. The zero-order chi connectivity index (χ0) is 11.8. The Balaban J connectivity index is 3.79. The van der Waals surface area contributed by atoms with E-state index in [1.807, 2.05) is 0 Å². The number of carbonyl (C=O) groups excluding carboxylic acids is 1. The van der Waals surface area contributed by atoms with Gasteiger partial charge in [0.2, 0.25) is 5.91 Å². The summed E-state index contributed by atoms with van der Waals surface area (Å²) in [6.07, 6.45) is -0.0330. The van der Waals surface area contributed by atoms with E-state index in [4.69, 9.17) is 21.1 Å². The summed E-state index contributed by atoms with van der Waals surface area (Å²) < 4.78 is 0. The van der Waals surface area contributed by atoms with Crippen molar-refractivity contribution in [2.24, 2.45) is 5.73 Å². The lowest BCUT2D eigenvalue weighted by Crippen LogP contribution is -2.41. The summed E-state index contributed by atoms with van der Waals surface area (Å²) in [7, 11) is 0. The molecule has 0 heterocycles. The van der Waals surface area contributed by atoms with Crippen LogP contribution in [0.1, 0.15) is 12.8 Å². The van der Waals surface area contributed by atoms with Gasteiger partial charge in [-0.3, -0.25) is 9.59 Å². The van der Waals surface area contributed by atoms with Crippen LogP contribution in [0.3, 0.4) is 0 Å². The third-order valence-electron chi connectivity index (χ3n) is 1.81. The predicted molar refractivity (Wildman–Crippen MR) is 50.9 cm³/mol. The highest BCUT2D eigenvalue weighted by molar-refractivity contribution is 5.78. The molecule has 7 heteroatoms. The number of nitrogens with one attached hydrogen (secondary N) is 1. The molecule has 15 heavy (non-hydrogen) atoms. The number of aliphatic hydroxyl groups excluding tert-OH is 2. The van der Waals surface area contributed by atoms with Crippen molar-refractivity contribution < 1.29 is 24.9 Å². The predicted octanol–water partition coefficient (Wildman–Crippen LogP) is -2.35. The van der Waals surface area contributed by atoms with E-state index in [2.05, 4.69) is 5.32 Å². The number of carboxylic acid groups (broad SMARTS) is 1. The number of hydrogen-bond donors (Lipinski definition) is 5. The Hall–Kier alpha value is -1.18. The van der Waals surface area contributed by atoms with E-state index in [0.29, 0.717) is 0 Å². The maximum Gasteiger partial charge on any atom is 0.320 e. The molecule has 0 rings (SSSR count). The van der Waals surface area contributed by atoms with Crippen LogP contribution in [0.25, 0.3) is 0 Å². The van der Waals surface area contributed by atoms with E-state index in [0.717, 1.165) is 0 Å². The number of hydrogen-bond acceptors (Lipinski definition) is 5. The Labute approximate surface area is 86.9 Å². The Morgan fingerprint density at radius 2 is 1.80 bits per heavy atom. The highest BCUT2D eigenvalue weighted by Gasteiger charge is 2.15. The minimum absolute atomic E-state index is 0.0186. The first-order valence-corrected chi connectivity index (χ1v) is 4.50. The molecule has 0 aromatic carbocycles. The topological polar surface area (TPSA) is 133 Å². The molecule has 7 nitrogen and oxygen atoms in total. The maximum atomic E-state index is 11.1. The lowest BCUT2D eigenvalue weighted by Gasteiger charge is -2.13. The van der Waals surface area contributed by atoms with Crippen molar-refractivity contribution >= 4 is 11.9 Å². The van der Waals surface area contributed by atoms with Gasteiger partial charge in [0, 0.05) is 6.42 Å². The number of aliphatic carboxylic acids is 1. The van der Waals surface area contributed by atoms with Gasteiger partial charge in [0.1, 0.15) is 6.04 Å². The molecular formula is C8H16N2O5. The minimum atomic E-state index is -1.16. The second kappa shape index (κ2) is 7.16. The highest BCUT2D eigenvalue weighted by atomic mass is 16.4. The van der Waals surface area contributed by atoms with Crippen LogP contribution in [0.15, 0.2) is 0 Å². The molecule has 0 unspecified atom stereocenters. The second-order valence-electron chi connectivity index (χ2n) is 3.11. The van der Waals surface area contributed by atoms with E-state index in [9.17, 15) is 9.59 Å². The summed E-state index contributed by atoms with van der Waals surface area (Å²) in [6.45, 7) is -0.736. The lowest BCUT2D eigenvalue weighted by molar-refractivity contribution is -0.138. The Morgan fingerprint density at radius 3 is 2.20 bits per heavy atom. The smallest absolute Gasteiger partial charge is 0.320 e. The molecule has 0 fully saturated rings. The van der Waals surface area contributed by atoms with E-state index < -0.39 is 24.0 Å². The first kappa shape index (κ1) is 13.8. The highest BCUT2D eigenvalue weighted by Crippen LogP contribution is 1.95. The van der Waals surface area contributed by atoms with Crippen LogP contribution in [0.4, 0.5) is 0 Å². The molecule has 0 aromatic heterocycles. The van der Waals surface area contributed by atoms with Crippen LogP contribution in [-0.2, 0) is 9.59 Å². The molecule has 0 saturated heterocycles. The van der Waals surface area contributed by atoms with Gasteiger partial charge in [-0.05, 0) is 6.42 Å². The van der Waals surface area contributed by atoms with E-state index in [1.54, 1.807) is 0 Å². The zero-order valence-electron chi connectivity index (χ0n) is 8.22. The van der Waals surface area contributed by atoms with Crippen LogP contribution in [0, 0.1) is 0 Å². The molecule has 0 radical (unpaired) electrons. The molecule has 0 aliphatic rings. The fourth-order valence-corrected chi connectivity index (χ4v) is 0.859. The van der Waals surface area contributed by atoms with E-state index in [1.165, 1.54) is 0 Å². The van der Waals surface area contributed by atoms with Gasteiger partial charge in [0.05, 0.1) is 19.3 Å². The second-order valence-corrected chi connectivity index (χ2v) is 3.11. The van der Waals surface area contributed by atoms with Crippen LogP contribution in [-0.4, -0.2) is 52.5 Å². The molecule has 6 N–H and O–H groups in total. The van der Waals surface area contributed by atoms with Gasteiger partial charge in [-0.2, -0.15) is 0 Å². The minimum Gasteiger partial charge on any atom is -0.480 e. The molecular weight excluding hydrogens is 204 g/mol. The Kier molecular flexibility index (Phi) is 6.59. The normalized spacial score (nSPS) is 12.5. The average Bonchev–Trinajstić information content (AvgIpc) is 2.22. The summed E-state index contributed by atoms with van der Waals surface area (Å²) in [5, 5.41) is 28.0. The van der Waals surface area contributed by atoms with Gasteiger partial charge in [0.25, 0.3) is 0 Å². The number of rotatable bonds is 7. The third-order valence-corrected chi connectivity index (χ3v) is 1.81. The summed E-state index contributed by atoms with van der Waals surface area (Å²) in [4.78, 5) is 21.4. The van der Waals surface area contributed by atoms with Crippen molar-refractivity contribution in [2.75, 3.05) is 13.2 Å². The van der Waals surface area contributed by atoms with Crippen molar-refractivity contribution in [2.45, 2.75) is 24.9 Å². The van der Waals surface area contributed by atoms with Gasteiger partial charge < -0.3 is 26.4 Å². The molecule has 1 amide bonds. The van der Waals surface area contributed by atoms with Gasteiger partial charge in [-0.15, -0.1) is 0 Å². The molecule has 0 bridgehead atoms. The molecule has 88 valence electrons. The fraction of sp³-hybridized carbons (Fsp3) is 0.750. The maximum absolute atomic E-state index is 11.1. The van der Waals surface area contributed by atoms with Crippen LogP contribution < -0.4 is 11.1 Å². The molecule has 0 aliphatic heterocycles. The number of amides is 1. The zero-order valence-corrected chi connectivity index (χ0v) is 8.22. The summed E-state index contributed by atoms with van der Waals surface area (Å²) in [6, 6.07) is -1.78. The van der Waals surface area contributed by atoms with Crippen molar-refractivity contribution in [3.8, 4) is 0 Å². The molecule has 0 saturated carbocycles. The van der Waals surface area contributed by atoms with Crippen molar-refractivity contribution in [1.29, 1.82) is 0 Å². The fourth-order valence-electron chi connectivity index (χ4n) is 0.859. The standard InChI is InChI=1S/C8H16N2O5/c9-6(8(14)15)1-2-7(13)10-5(3-11)4-12/h5-6,11-12H,1-4,9H2,(H,10,13)(H,14,15)/t6-/m0/s1. The number of nitrogens with two attached hydrogens (primary N) is 1. The van der Waals surface area contributed by atoms with Crippen molar-refractivity contribution in [3.63, 3.8) is 0 Å². The van der Waals surface area contributed by atoms with Crippen LogP contribution >= 0.6 is 0 Å². The summed E-state index contributed by atoms with van der Waals surface area (Å²) in [5.41, 5.74) is 5.18. The Bertz CT molecular complexity index is 217. The lowest BCUT2D eigenvalue weighted by atomic mass is 10.1. The first-order chi connectivity index (χ1) is 7.01. The van der Waals surface area contributed by atoms with Gasteiger partial charge in [-0.25, -0.2) is 0 Å². The van der Waals surface area contributed by atoms with Gasteiger partial charge >= 0.3 is 5.97 Å². The largest absolute Gasteiger partial charge is 0.480 e. The monoisotopic (exact) mass is 220 g/mol. The average molecular weight is 220 g/mol. The Morgan fingerprint density at radius 1 is 1.27 bits per heavy atom. The number of carboxylic acids is 1. The third kappa shape index (κ3) is 6.00. The summed E-state index contributed by atoms with van der Waals surface area (Å²) in [5.74, 6) is -1.61. The van der Waals surface area contributed by atoms with Crippen LogP contribution in [0.5, 0.6) is 0 Å². The van der Waals surface area contributed by atoms with Gasteiger partial charge in [0.15, 0.2) is 0 Å². The SMILES string of the molecule is N[C@@H](CCC(=O)NC(CO)CO)C(=O)O. The summed E-state index contributed by atoms with van der Waals surface area (Å²) >= 11 is 0. The van der Waals surface area contributed by atoms with Crippen LogP contribution in [0.2, 0.25) is 0 Å².